The fourth-order valence-electron chi connectivity index (χ4n) is 3.55. The smallest absolute Gasteiger partial charge is 0.244 e. The molecule has 0 bridgehead atoms. The number of nitrogens with one attached hydrogen (secondary N) is 1. The second kappa shape index (κ2) is 12.1. The molecule has 2 aromatic carbocycles. The molecule has 0 saturated heterocycles. The first kappa shape index (κ1) is 28.9. The van der Waals surface area contributed by atoms with E-state index in [1.54, 1.807) is 44.2 Å². The van der Waals surface area contributed by atoms with E-state index in [2.05, 4.69) is 5.32 Å². The largest absolute Gasteiger partial charge is 0.354 e. The van der Waals surface area contributed by atoms with Gasteiger partial charge in [0.1, 0.15) is 12.6 Å². The summed E-state index contributed by atoms with van der Waals surface area (Å²) >= 11 is 12.4. The standard InChI is InChI=1S/C25H33Cl2N3O4S/c1-16(2)13-28-25(32)19(5)29(14-20-8-9-21(26)12-22(20)27)24(31)15-30(35(6,33)34)23-10-7-17(3)11-18(23)4/h7-12,16,19H,13-15H2,1-6H3,(H,28,32). The fourth-order valence-corrected chi connectivity index (χ4v) is 4.92. The summed E-state index contributed by atoms with van der Waals surface area (Å²) < 4.78 is 26.5. The molecule has 2 rings (SSSR count). The first-order chi connectivity index (χ1) is 16.2. The summed E-state index contributed by atoms with van der Waals surface area (Å²) in [7, 11) is -3.79. The fraction of sp³-hybridized carbons (Fsp3) is 0.440. The molecule has 35 heavy (non-hydrogen) atoms. The summed E-state index contributed by atoms with van der Waals surface area (Å²) in [5.74, 6) is -0.644. The summed E-state index contributed by atoms with van der Waals surface area (Å²) in [6.07, 6.45) is 1.05. The van der Waals surface area contributed by atoms with E-state index in [1.165, 1.54) is 4.90 Å². The Kier molecular flexibility index (Phi) is 10.0. The molecule has 0 fully saturated rings. The van der Waals surface area contributed by atoms with Crippen molar-refractivity contribution in [3.05, 3.63) is 63.1 Å². The number of sulfonamides is 1. The maximum Gasteiger partial charge on any atom is 0.244 e. The minimum atomic E-state index is -3.79. The quantitative estimate of drug-likeness (QED) is 0.477. The van der Waals surface area contributed by atoms with Gasteiger partial charge in [-0.1, -0.05) is 60.8 Å². The zero-order chi connectivity index (χ0) is 26.5. The third-order valence-electron chi connectivity index (χ3n) is 5.51. The molecule has 1 unspecified atom stereocenters. The van der Waals surface area contributed by atoms with Gasteiger partial charge >= 0.3 is 0 Å². The van der Waals surface area contributed by atoms with Crippen molar-refractivity contribution in [2.45, 2.75) is 47.2 Å². The van der Waals surface area contributed by atoms with Crippen molar-refractivity contribution in [3.63, 3.8) is 0 Å². The molecule has 0 saturated carbocycles. The second-order valence-corrected chi connectivity index (χ2v) is 11.9. The van der Waals surface area contributed by atoms with E-state index in [0.717, 1.165) is 21.7 Å². The van der Waals surface area contributed by atoms with Gasteiger partial charge in [-0.25, -0.2) is 8.42 Å². The molecular weight excluding hydrogens is 509 g/mol. The van der Waals surface area contributed by atoms with Gasteiger partial charge in [0.25, 0.3) is 0 Å². The van der Waals surface area contributed by atoms with E-state index in [0.29, 0.717) is 27.8 Å². The van der Waals surface area contributed by atoms with E-state index < -0.39 is 28.5 Å². The van der Waals surface area contributed by atoms with Gasteiger partial charge in [-0.15, -0.1) is 0 Å². The van der Waals surface area contributed by atoms with Crippen molar-refractivity contribution in [1.82, 2.24) is 10.2 Å². The van der Waals surface area contributed by atoms with Crippen LogP contribution >= 0.6 is 23.2 Å². The minimum absolute atomic E-state index is 0.00951. The highest BCUT2D eigenvalue weighted by Gasteiger charge is 2.31. The maximum absolute atomic E-state index is 13.6. The SMILES string of the molecule is Cc1ccc(N(CC(=O)N(Cc2ccc(Cl)cc2Cl)C(C)C(=O)NCC(C)C)S(C)(=O)=O)c(C)c1. The molecule has 0 heterocycles. The molecule has 0 aliphatic heterocycles. The van der Waals surface area contributed by atoms with Gasteiger partial charge in [0.05, 0.1) is 11.9 Å². The minimum Gasteiger partial charge on any atom is -0.354 e. The molecule has 10 heteroatoms. The number of hydrogen-bond acceptors (Lipinski definition) is 4. The van der Waals surface area contributed by atoms with E-state index in [9.17, 15) is 18.0 Å². The van der Waals surface area contributed by atoms with E-state index in [-0.39, 0.29) is 18.4 Å². The average Bonchev–Trinajstić information content (AvgIpc) is 2.74. The van der Waals surface area contributed by atoms with Crippen molar-refractivity contribution in [1.29, 1.82) is 0 Å². The molecule has 1 N–H and O–H groups in total. The Morgan fingerprint density at radius 2 is 1.69 bits per heavy atom. The van der Waals surface area contributed by atoms with Crippen molar-refractivity contribution < 1.29 is 18.0 Å². The van der Waals surface area contributed by atoms with Crippen LogP contribution in [0, 0.1) is 19.8 Å². The van der Waals surface area contributed by atoms with Gasteiger partial charge in [-0.3, -0.25) is 13.9 Å². The number of benzene rings is 2. The van der Waals surface area contributed by atoms with Crippen molar-refractivity contribution in [3.8, 4) is 0 Å². The van der Waals surface area contributed by atoms with Gasteiger partial charge in [0, 0.05) is 23.1 Å². The molecular formula is C25H33Cl2N3O4S. The lowest BCUT2D eigenvalue weighted by molar-refractivity contribution is -0.139. The predicted molar refractivity (Wildman–Crippen MR) is 142 cm³/mol. The lowest BCUT2D eigenvalue weighted by atomic mass is 10.1. The molecule has 2 aromatic rings. The molecule has 0 aromatic heterocycles. The van der Waals surface area contributed by atoms with Crippen LogP contribution < -0.4 is 9.62 Å². The van der Waals surface area contributed by atoms with Gasteiger partial charge < -0.3 is 10.2 Å². The van der Waals surface area contributed by atoms with Gasteiger partial charge in [-0.2, -0.15) is 0 Å². The first-order valence-corrected chi connectivity index (χ1v) is 13.9. The summed E-state index contributed by atoms with van der Waals surface area (Å²) in [5, 5.41) is 3.63. The Balaban J connectivity index is 2.44. The Hall–Kier alpha value is -2.29. The predicted octanol–water partition coefficient (Wildman–Crippen LogP) is 4.57. The number of amides is 2. The number of nitrogens with zero attached hydrogens (tertiary/aromatic N) is 2. The van der Waals surface area contributed by atoms with Gasteiger partial charge in [0.2, 0.25) is 21.8 Å². The van der Waals surface area contributed by atoms with E-state index in [4.69, 9.17) is 23.2 Å². The lowest BCUT2D eigenvalue weighted by Crippen LogP contribution is -2.51. The average molecular weight is 543 g/mol. The lowest BCUT2D eigenvalue weighted by Gasteiger charge is -2.32. The molecule has 192 valence electrons. The first-order valence-electron chi connectivity index (χ1n) is 11.3. The van der Waals surface area contributed by atoms with Crippen molar-refractivity contribution >= 4 is 50.7 Å². The van der Waals surface area contributed by atoms with Crippen LogP contribution in [0.15, 0.2) is 36.4 Å². The van der Waals surface area contributed by atoms with Crippen LogP contribution in [0.4, 0.5) is 5.69 Å². The van der Waals surface area contributed by atoms with Crippen LogP contribution in [0.5, 0.6) is 0 Å². The Morgan fingerprint density at radius 3 is 2.23 bits per heavy atom. The van der Waals surface area contributed by atoms with Crippen LogP contribution in [0.2, 0.25) is 10.0 Å². The zero-order valence-electron chi connectivity index (χ0n) is 20.9. The highest BCUT2D eigenvalue weighted by Crippen LogP contribution is 2.26. The number of anilines is 1. The monoisotopic (exact) mass is 541 g/mol. The molecule has 0 spiro atoms. The van der Waals surface area contributed by atoms with E-state index >= 15 is 0 Å². The Bertz CT molecular complexity index is 1190. The Labute approximate surface area is 218 Å². The van der Waals surface area contributed by atoms with Crippen LogP contribution in [0.3, 0.4) is 0 Å². The van der Waals surface area contributed by atoms with Crippen LogP contribution in [0.25, 0.3) is 0 Å². The summed E-state index contributed by atoms with van der Waals surface area (Å²) in [6, 6.07) is 9.34. The van der Waals surface area contributed by atoms with Crippen molar-refractivity contribution in [2.75, 3.05) is 23.7 Å². The molecule has 0 aliphatic rings. The Morgan fingerprint density at radius 1 is 1.03 bits per heavy atom. The number of halogens is 2. The summed E-state index contributed by atoms with van der Waals surface area (Å²) in [5.41, 5.74) is 2.69. The van der Waals surface area contributed by atoms with Gasteiger partial charge in [-0.05, 0) is 56.0 Å². The molecule has 1 atom stereocenters. The highest BCUT2D eigenvalue weighted by molar-refractivity contribution is 7.92. The maximum atomic E-state index is 13.6. The number of carbonyl (C=O) groups excluding carboxylic acids is 2. The number of aryl methyl sites for hydroxylation is 2. The van der Waals surface area contributed by atoms with Crippen LogP contribution in [-0.4, -0.2) is 50.5 Å². The summed E-state index contributed by atoms with van der Waals surface area (Å²) in [6.45, 7) is 9.24. The molecule has 0 radical (unpaired) electrons. The van der Waals surface area contributed by atoms with Gasteiger partial charge in [0.15, 0.2) is 0 Å². The molecule has 2 amide bonds. The number of hydrogen-bond donors (Lipinski definition) is 1. The normalized spacial score (nSPS) is 12.4. The number of rotatable bonds is 10. The number of carbonyl (C=O) groups is 2. The van der Waals surface area contributed by atoms with Crippen molar-refractivity contribution in [2.24, 2.45) is 5.92 Å². The third kappa shape index (κ3) is 8.12. The molecule has 0 aliphatic carbocycles. The molecule has 7 nitrogen and oxygen atoms in total. The highest BCUT2D eigenvalue weighted by atomic mass is 35.5. The van der Waals surface area contributed by atoms with Crippen LogP contribution in [0.1, 0.15) is 37.5 Å². The van der Waals surface area contributed by atoms with E-state index in [1.807, 2.05) is 26.8 Å². The second-order valence-electron chi connectivity index (χ2n) is 9.13. The summed E-state index contributed by atoms with van der Waals surface area (Å²) in [4.78, 5) is 27.8. The zero-order valence-corrected chi connectivity index (χ0v) is 23.3. The van der Waals surface area contributed by atoms with Crippen LogP contribution in [-0.2, 0) is 26.2 Å². The topological polar surface area (TPSA) is 86.8 Å². The third-order valence-corrected chi connectivity index (χ3v) is 7.22.